The van der Waals surface area contributed by atoms with Crippen molar-refractivity contribution in [2.45, 2.75) is 6.42 Å². The fourth-order valence-electron chi connectivity index (χ4n) is 3.16. The molecule has 1 aliphatic heterocycles. The summed E-state index contributed by atoms with van der Waals surface area (Å²) in [5.74, 6) is 0.789. The Kier molecular flexibility index (Phi) is 6.03. The van der Waals surface area contributed by atoms with E-state index in [-0.39, 0.29) is 11.6 Å². The molecule has 1 aliphatic rings. The lowest BCUT2D eigenvalue weighted by molar-refractivity contribution is -0.384. The topological polar surface area (TPSA) is 75.9 Å². The van der Waals surface area contributed by atoms with Crippen LogP contribution in [0.3, 0.4) is 0 Å². The number of amides is 1. The van der Waals surface area contributed by atoms with Crippen LogP contribution in [0.5, 0.6) is 5.75 Å². The lowest BCUT2D eigenvalue weighted by atomic mass is 10.1. The normalized spacial score (nSPS) is 14.8. The summed E-state index contributed by atoms with van der Waals surface area (Å²) in [6.07, 6.45) is 0.959. The molecule has 0 spiro atoms. The first-order valence-electron chi connectivity index (χ1n) is 8.96. The summed E-state index contributed by atoms with van der Waals surface area (Å²) >= 11 is 0. The van der Waals surface area contributed by atoms with Crippen molar-refractivity contribution in [3.63, 3.8) is 0 Å². The van der Waals surface area contributed by atoms with Crippen LogP contribution in [0, 0.1) is 10.1 Å². The number of non-ortho nitro benzene ring substituents is 1. The van der Waals surface area contributed by atoms with Crippen molar-refractivity contribution in [3.05, 3.63) is 69.8 Å². The summed E-state index contributed by atoms with van der Waals surface area (Å²) in [6, 6.07) is 13.9. The molecule has 3 rings (SSSR count). The van der Waals surface area contributed by atoms with Crippen molar-refractivity contribution in [2.24, 2.45) is 0 Å². The highest BCUT2D eigenvalue weighted by molar-refractivity contribution is 5.94. The molecule has 0 bridgehead atoms. The van der Waals surface area contributed by atoms with Crippen molar-refractivity contribution < 1.29 is 14.5 Å². The Labute approximate surface area is 158 Å². The number of piperazine rings is 1. The first-order chi connectivity index (χ1) is 13.1. The summed E-state index contributed by atoms with van der Waals surface area (Å²) in [6.45, 7) is 3.94. The molecule has 142 valence electrons. The maximum absolute atomic E-state index is 12.6. The third kappa shape index (κ3) is 4.83. The summed E-state index contributed by atoms with van der Waals surface area (Å²) in [5.41, 5.74) is 1.75. The van der Waals surface area contributed by atoms with Crippen molar-refractivity contribution in [1.82, 2.24) is 9.80 Å². The highest BCUT2D eigenvalue weighted by atomic mass is 16.6. The fraction of sp³-hybridized carbons (Fsp3) is 0.350. The highest BCUT2D eigenvalue weighted by Gasteiger charge is 2.22. The Morgan fingerprint density at radius 1 is 1.04 bits per heavy atom. The molecule has 1 amide bonds. The second-order valence-corrected chi connectivity index (χ2v) is 6.54. The second kappa shape index (κ2) is 8.64. The Bertz CT molecular complexity index is 782. The van der Waals surface area contributed by atoms with Crippen molar-refractivity contribution >= 4 is 11.6 Å². The molecule has 7 heteroatoms. The minimum Gasteiger partial charge on any atom is -0.497 e. The van der Waals surface area contributed by atoms with E-state index in [1.54, 1.807) is 7.11 Å². The van der Waals surface area contributed by atoms with Gasteiger partial charge >= 0.3 is 0 Å². The highest BCUT2D eigenvalue weighted by Crippen LogP contribution is 2.15. The zero-order chi connectivity index (χ0) is 19.2. The molecule has 0 unspecified atom stereocenters. The SMILES string of the molecule is COc1ccc(CCN2CCN(C(=O)c3ccc([N+](=O)[O-])cc3)CC2)cc1. The molecule has 0 aliphatic carbocycles. The number of hydrogen-bond acceptors (Lipinski definition) is 5. The fourth-order valence-corrected chi connectivity index (χ4v) is 3.16. The van der Waals surface area contributed by atoms with Gasteiger partial charge in [-0.25, -0.2) is 0 Å². The average molecular weight is 369 g/mol. The van der Waals surface area contributed by atoms with Gasteiger partial charge in [0.1, 0.15) is 5.75 Å². The molecule has 0 radical (unpaired) electrons. The van der Waals surface area contributed by atoms with Crippen molar-refractivity contribution in [3.8, 4) is 5.75 Å². The predicted octanol–water partition coefficient (Wildman–Crippen LogP) is 2.60. The molecule has 27 heavy (non-hydrogen) atoms. The lowest BCUT2D eigenvalue weighted by Crippen LogP contribution is -2.49. The maximum atomic E-state index is 12.6. The molecule has 2 aromatic carbocycles. The number of hydrogen-bond donors (Lipinski definition) is 0. The molecule has 7 nitrogen and oxygen atoms in total. The largest absolute Gasteiger partial charge is 0.497 e. The Morgan fingerprint density at radius 2 is 1.67 bits per heavy atom. The third-order valence-corrected chi connectivity index (χ3v) is 4.86. The monoisotopic (exact) mass is 369 g/mol. The van der Waals surface area contributed by atoms with Crippen LogP contribution in [0.2, 0.25) is 0 Å². The van der Waals surface area contributed by atoms with Crippen LogP contribution in [-0.4, -0.2) is 60.5 Å². The number of carbonyl (C=O) groups excluding carboxylic acids is 1. The minimum absolute atomic E-state index is 0.00472. The number of carbonyl (C=O) groups is 1. The van der Waals surface area contributed by atoms with Gasteiger partial charge in [-0.15, -0.1) is 0 Å². The van der Waals surface area contributed by atoms with E-state index in [1.165, 1.54) is 29.8 Å². The number of nitro benzene ring substituents is 1. The van der Waals surface area contributed by atoms with Crippen LogP contribution in [-0.2, 0) is 6.42 Å². The van der Waals surface area contributed by atoms with Gasteiger partial charge in [0.25, 0.3) is 11.6 Å². The average Bonchev–Trinajstić information content (AvgIpc) is 2.72. The summed E-state index contributed by atoms with van der Waals surface area (Å²) in [4.78, 5) is 27.0. The molecular weight excluding hydrogens is 346 g/mol. The molecule has 0 atom stereocenters. The van der Waals surface area contributed by atoms with Gasteiger partial charge in [0.05, 0.1) is 12.0 Å². The maximum Gasteiger partial charge on any atom is 0.269 e. The first-order valence-corrected chi connectivity index (χ1v) is 8.96. The third-order valence-electron chi connectivity index (χ3n) is 4.86. The molecule has 0 N–H and O–H groups in total. The van der Waals surface area contributed by atoms with E-state index in [4.69, 9.17) is 4.74 Å². The van der Waals surface area contributed by atoms with Gasteiger partial charge < -0.3 is 9.64 Å². The van der Waals surface area contributed by atoms with Gasteiger partial charge in [-0.2, -0.15) is 0 Å². The van der Waals surface area contributed by atoms with Gasteiger partial charge in [-0.3, -0.25) is 19.8 Å². The standard InChI is InChI=1S/C20H23N3O4/c1-27-19-8-2-16(3-9-19)10-11-21-12-14-22(15-13-21)20(24)17-4-6-18(7-5-17)23(25)26/h2-9H,10-15H2,1H3. The number of rotatable bonds is 6. The molecule has 0 saturated carbocycles. The Hall–Kier alpha value is -2.93. The van der Waals surface area contributed by atoms with E-state index in [9.17, 15) is 14.9 Å². The second-order valence-electron chi connectivity index (χ2n) is 6.54. The molecular formula is C20H23N3O4. The van der Waals surface area contributed by atoms with Crippen LogP contribution in [0.25, 0.3) is 0 Å². The van der Waals surface area contributed by atoms with Crippen LogP contribution in [0.4, 0.5) is 5.69 Å². The molecule has 0 aromatic heterocycles. The number of nitrogens with zero attached hydrogens (tertiary/aromatic N) is 3. The van der Waals surface area contributed by atoms with E-state index in [1.807, 2.05) is 17.0 Å². The predicted molar refractivity (Wildman–Crippen MR) is 102 cm³/mol. The van der Waals surface area contributed by atoms with E-state index >= 15 is 0 Å². The number of nitro groups is 1. The van der Waals surface area contributed by atoms with Crippen LogP contribution in [0.1, 0.15) is 15.9 Å². The van der Waals surface area contributed by atoms with E-state index in [2.05, 4.69) is 17.0 Å². The summed E-state index contributed by atoms with van der Waals surface area (Å²) < 4.78 is 5.17. The smallest absolute Gasteiger partial charge is 0.269 e. The zero-order valence-corrected chi connectivity index (χ0v) is 15.3. The van der Waals surface area contributed by atoms with Gasteiger partial charge in [0.15, 0.2) is 0 Å². The molecule has 1 fully saturated rings. The van der Waals surface area contributed by atoms with Gasteiger partial charge in [0, 0.05) is 50.4 Å². The molecule has 2 aromatic rings. The van der Waals surface area contributed by atoms with E-state index in [0.29, 0.717) is 18.7 Å². The minimum atomic E-state index is -0.462. The molecule has 1 heterocycles. The van der Waals surface area contributed by atoms with E-state index in [0.717, 1.165) is 31.8 Å². The number of ether oxygens (including phenoxy) is 1. The van der Waals surface area contributed by atoms with Crippen molar-refractivity contribution in [1.29, 1.82) is 0 Å². The van der Waals surface area contributed by atoms with Gasteiger partial charge in [-0.05, 0) is 36.2 Å². The van der Waals surface area contributed by atoms with Crippen LogP contribution >= 0.6 is 0 Å². The lowest BCUT2D eigenvalue weighted by Gasteiger charge is -2.34. The Morgan fingerprint density at radius 3 is 2.22 bits per heavy atom. The first kappa shape index (κ1) is 18.8. The summed E-state index contributed by atoms with van der Waals surface area (Å²) in [5, 5.41) is 10.7. The number of benzene rings is 2. The number of methoxy groups -OCH3 is 1. The van der Waals surface area contributed by atoms with Gasteiger partial charge in [0.2, 0.25) is 0 Å². The van der Waals surface area contributed by atoms with Gasteiger partial charge in [-0.1, -0.05) is 12.1 Å². The molecule has 1 saturated heterocycles. The Balaban J connectivity index is 1.47. The quantitative estimate of drug-likeness (QED) is 0.578. The summed E-state index contributed by atoms with van der Waals surface area (Å²) in [7, 11) is 1.66. The van der Waals surface area contributed by atoms with E-state index < -0.39 is 4.92 Å². The van der Waals surface area contributed by atoms with Crippen LogP contribution in [0.15, 0.2) is 48.5 Å². The van der Waals surface area contributed by atoms with Crippen LogP contribution < -0.4 is 4.74 Å². The van der Waals surface area contributed by atoms with Crippen molar-refractivity contribution in [2.75, 3.05) is 39.8 Å². The zero-order valence-electron chi connectivity index (χ0n) is 15.3.